The van der Waals surface area contributed by atoms with Crippen LogP contribution in [0.4, 0.5) is 0 Å². The fourth-order valence-corrected chi connectivity index (χ4v) is 7.31. The lowest BCUT2D eigenvalue weighted by molar-refractivity contribution is 1.10. The van der Waals surface area contributed by atoms with E-state index in [-0.39, 0.29) is 0 Å². The van der Waals surface area contributed by atoms with Crippen LogP contribution in [0, 0.1) is 0 Å². The number of nitrogens with zero attached hydrogens (tertiary/aromatic N) is 4. The SMILES string of the molecule is c1ccc(-n2c3ccccc3c3cc(-c4nnc(-c5cccc6c7ccccc7n(-c7ccccc7)c56)s4)ccc32)cc1. The van der Waals surface area contributed by atoms with Crippen molar-refractivity contribution in [1.82, 2.24) is 19.3 Å². The molecular formula is C38H24N4S. The second-order valence-electron chi connectivity index (χ2n) is 10.7. The van der Waals surface area contributed by atoms with Crippen LogP contribution < -0.4 is 0 Å². The van der Waals surface area contributed by atoms with Crippen LogP contribution in [0.1, 0.15) is 0 Å². The molecule has 3 aromatic heterocycles. The van der Waals surface area contributed by atoms with E-state index < -0.39 is 0 Å². The smallest absolute Gasteiger partial charge is 0.150 e. The summed E-state index contributed by atoms with van der Waals surface area (Å²) in [7, 11) is 0. The largest absolute Gasteiger partial charge is 0.309 e. The van der Waals surface area contributed by atoms with Crippen molar-refractivity contribution in [1.29, 1.82) is 0 Å². The third kappa shape index (κ3) is 3.69. The molecule has 3 heterocycles. The van der Waals surface area contributed by atoms with Crippen LogP contribution >= 0.6 is 11.3 Å². The predicted molar refractivity (Wildman–Crippen MR) is 179 cm³/mol. The van der Waals surface area contributed by atoms with Gasteiger partial charge in [0.2, 0.25) is 0 Å². The second kappa shape index (κ2) is 9.51. The van der Waals surface area contributed by atoms with E-state index in [9.17, 15) is 0 Å². The Labute approximate surface area is 251 Å². The van der Waals surface area contributed by atoms with Crippen molar-refractivity contribution in [2.24, 2.45) is 0 Å². The van der Waals surface area contributed by atoms with Crippen molar-refractivity contribution in [2.45, 2.75) is 0 Å². The molecule has 0 aliphatic heterocycles. The first-order valence-corrected chi connectivity index (χ1v) is 15.2. The van der Waals surface area contributed by atoms with Gasteiger partial charge in [-0.2, -0.15) is 0 Å². The highest BCUT2D eigenvalue weighted by atomic mass is 32.1. The molecule has 4 nitrogen and oxygen atoms in total. The molecule has 9 aromatic rings. The molecule has 0 spiro atoms. The van der Waals surface area contributed by atoms with Gasteiger partial charge >= 0.3 is 0 Å². The van der Waals surface area contributed by atoms with Crippen molar-refractivity contribution in [3.8, 4) is 32.5 Å². The molecule has 0 saturated heterocycles. The standard InChI is InChI=1S/C38H24N4S/c1-3-12-26(13-4-1)41-33-20-9-8-17-29(33)32-24-25(22-23-35(32)41)37-39-40-38(43-37)31-19-11-18-30-28-16-7-10-21-34(28)42(36(30)31)27-14-5-2-6-15-27/h1-24H. The lowest BCUT2D eigenvalue weighted by Crippen LogP contribution is -1.94. The van der Waals surface area contributed by atoms with E-state index >= 15 is 0 Å². The number of fused-ring (bicyclic) bond motifs is 6. The molecule has 0 bridgehead atoms. The Morgan fingerprint density at radius 3 is 1.72 bits per heavy atom. The van der Waals surface area contributed by atoms with Crippen molar-refractivity contribution in [2.75, 3.05) is 0 Å². The fourth-order valence-electron chi connectivity index (χ4n) is 6.45. The number of rotatable bonds is 4. The predicted octanol–water partition coefficient (Wildman–Crippen LogP) is 10.1. The van der Waals surface area contributed by atoms with E-state index in [1.54, 1.807) is 11.3 Å². The molecule has 43 heavy (non-hydrogen) atoms. The summed E-state index contributed by atoms with van der Waals surface area (Å²) >= 11 is 1.64. The average molecular weight is 569 g/mol. The summed E-state index contributed by atoms with van der Waals surface area (Å²) < 4.78 is 4.69. The molecule has 0 unspecified atom stereocenters. The van der Waals surface area contributed by atoms with Crippen molar-refractivity contribution in [3.63, 3.8) is 0 Å². The topological polar surface area (TPSA) is 35.6 Å². The first kappa shape index (κ1) is 24.1. The fraction of sp³-hybridized carbons (Fsp3) is 0. The lowest BCUT2D eigenvalue weighted by atomic mass is 10.1. The van der Waals surface area contributed by atoms with Crippen molar-refractivity contribution < 1.29 is 0 Å². The van der Waals surface area contributed by atoms with Crippen molar-refractivity contribution in [3.05, 3.63) is 146 Å². The number of para-hydroxylation sites is 5. The van der Waals surface area contributed by atoms with Crippen molar-refractivity contribution >= 4 is 54.9 Å². The van der Waals surface area contributed by atoms with Crippen LogP contribution in [0.15, 0.2) is 146 Å². The molecule has 0 aliphatic rings. The monoisotopic (exact) mass is 568 g/mol. The van der Waals surface area contributed by atoms with E-state index in [1.807, 2.05) is 0 Å². The quantitative estimate of drug-likeness (QED) is 0.212. The Kier molecular flexibility index (Phi) is 5.33. The maximum atomic E-state index is 4.76. The van der Waals surface area contributed by atoms with Gasteiger partial charge in [-0.1, -0.05) is 96.3 Å². The highest BCUT2D eigenvalue weighted by Crippen LogP contribution is 2.41. The zero-order valence-electron chi connectivity index (χ0n) is 23.1. The van der Waals surface area contributed by atoms with Crippen LogP contribution in [0.5, 0.6) is 0 Å². The van der Waals surface area contributed by atoms with Gasteiger partial charge < -0.3 is 9.13 Å². The van der Waals surface area contributed by atoms with Crippen LogP contribution in [0.2, 0.25) is 0 Å². The van der Waals surface area contributed by atoms with Gasteiger partial charge in [0.25, 0.3) is 0 Å². The summed E-state index contributed by atoms with van der Waals surface area (Å²) in [6.07, 6.45) is 0. The van der Waals surface area contributed by atoms with E-state index in [0.717, 1.165) is 38.0 Å². The lowest BCUT2D eigenvalue weighted by Gasteiger charge is -2.09. The summed E-state index contributed by atoms with van der Waals surface area (Å²) in [6.45, 7) is 0. The van der Waals surface area contributed by atoms with E-state index in [4.69, 9.17) is 10.2 Å². The second-order valence-corrected chi connectivity index (χ2v) is 11.7. The molecule has 0 aliphatic carbocycles. The molecule has 0 atom stereocenters. The Hall–Kier alpha value is -5.52. The van der Waals surface area contributed by atoms with Crippen LogP contribution in [-0.2, 0) is 0 Å². The highest BCUT2D eigenvalue weighted by Gasteiger charge is 2.19. The molecule has 0 fully saturated rings. The summed E-state index contributed by atoms with van der Waals surface area (Å²) in [5.74, 6) is 0. The van der Waals surface area contributed by atoms with Crippen LogP contribution in [-0.4, -0.2) is 19.3 Å². The Balaban J connectivity index is 1.23. The first-order chi connectivity index (χ1) is 21.3. The van der Waals surface area contributed by atoms with E-state index in [1.165, 1.54) is 38.1 Å². The average Bonchev–Trinajstić information content (AvgIpc) is 3.78. The normalized spacial score (nSPS) is 11.7. The van der Waals surface area contributed by atoms with Gasteiger partial charge in [0.05, 0.1) is 22.1 Å². The summed E-state index contributed by atoms with van der Waals surface area (Å²) in [5, 5.41) is 16.2. The summed E-state index contributed by atoms with van der Waals surface area (Å²) in [6, 6.07) is 51.5. The molecular weight excluding hydrogens is 545 g/mol. The minimum atomic E-state index is 0.910. The number of hydrogen-bond donors (Lipinski definition) is 0. The van der Waals surface area contributed by atoms with Gasteiger partial charge in [0.1, 0.15) is 10.0 Å². The maximum Gasteiger partial charge on any atom is 0.150 e. The van der Waals surface area contributed by atoms with Gasteiger partial charge in [0.15, 0.2) is 0 Å². The van der Waals surface area contributed by atoms with E-state index in [2.05, 4.69) is 155 Å². The van der Waals surface area contributed by atoms with Gasteiger partial charge in [-0.15, -0.1) is 10.2 Å². The first-order valence-electron chi connectivity index (χ1n) is 14.4. The van der Waals surface area contributed by atoms with Gasteiger partial charge in [0, 0.05) is 44.0 Å². The third-order valence-corrected chi connectivity index (χ3v) is 9.30. The maximum absolute atomic E-state index is 4.76. The molecule has 0 N–H and O–H groups in total. The molecule has 9 rings (SSSR count). The summed E-state index contributed by atoms with van der Waals surface area (Å²) in [5.41, 5.74) is 9.15. The van der Waals surface area contributed by atoms with Crippen LogP contribution in [0.25, 0.3) is 76.1 Å². The molecule has 0 saturated carbocycles. The Morgan fingerprint density at radius 2 is 0.977 bits per heavy atom. The minimum absolute atomic E-state index is 0.910. The molecule has 0 amide bonds. The Bertz CT molecular complexity index is 2450. The highest BCUT2D eigenvalue weighted by molar-refractivity contribution is 7.18. The number of hydrogen-bond acceptors (Lipinski definition) is 3. The molecule has 0 radical (unpaired) electrons. The Morgan fingerprint density at radius 1 is 0.419 bits per heavy atom. The van der Waals surface area contributed by atoms with E-state index in [0.29, 0.717) is 0 Å². The summed E-state index contributed by atoms with van der Waals surface area (Å²) in [4.78, 5) is 0. The minimum Gasteiger partial charge on any atom is -0.309 e. The van der Waals surface area contributed by atoms with Gasteiger partial charge in [-0.25, -0.2) is 0 Å². The molecule has 202 valence electrons. The van der Waals surface area contributed by atoms with Gasteiger partial charge in [-0.3, -0.25) is 0 Å². The van der Waals surface area contributed by atoms with Gasteiger partial charge in [-0.05, 0) is 60.7 Å². The number of aromatic nitrogens is 4. The van der Waals surface area contributed by atoms with Crippen LogP contribution in [0.3, 0.4) is 0 Å². The third-order valence-electron chi connectivity index (χ3n) is 8.30. The number of benzene rings is 6. The zero-order chi connectivity index (χ0) is 28.3. The molecule has 6 aromatic carbocycles. The molecule has 5 heteroatoms. The zero-order valence-corrected chi connectivity index (χ0v) is 23.9.